The number of hydrogen-bond donors (Lipinski definition) is 2. The first-order valence-electron chi connectivity index (χ1n) is 4.02. The average Bonchev–Trinajstić information content (AvgIpc) is 2.03. The van der Waals surface area contributed by atoms with Crippen LogP contribution in [0.2, 0.25) is 0 Å². The highest BCUT2D eigenvalue weighted by molar-refractivity contribution is 5.35. The van der Waals surface area contributed by atoms with E-state index < -0.39 is 6.10 Å². The summed E-state index contributed by atoms with van der Waals surface area (Å²) in [4.78, 5) is 0. The van der Waals surface area contributed by atoms with E-state index in [2.05, 4.69) is 0 Å². The molecule has 2 heteroatoms. The summed E-state index contributed by atoms with van der Waals surface area (Å²) in [6.07, 6.45) is -0.744. The van der Waals surface area contributed by atoms with Crippen molar-refractivity contribution in [2.24, 2.45) is 0 Å². The van der Waals surface area contributed by atoms with Crippen LogP contribution in [0, 0.1) is 13.8 Å². The molecule has 0 spiro atoms. The Balaban J connectivity index is 3.12. The zero-order chi connectivity index (χ0) is 9.14. The Morgan fingerprint density at radius 3 is 2.17 bits per heavy atom. The van der Waals surface area contributed by atoms with E-state index in [0.717, 1.165) is 16.7 Å². The van der Waals surface area contributed by atoms with Crippen molar-refractivity contribution in [3.8, 4) is 0 Å². The average molecular weight is 166 g/mol. The number of aliphatic hydroxyl groups excluding tert-OH is 2. The van der Waals surface area contributed by atoms with Crippen molar-refractivity contribution in [2.75, 3.05) is 6.61 Å². The summed E-state index contributed by atoms with van der Waals surface area (Å²) in [5.41, 5.74) is 2.90. The molecule has 12 heavy (non-hydrogen) atoms. The van der Waals surface area contributed by atoms with E-state index in [1.165, 1.54) is 0 Å². The van der Waals surface area contributed by atoms with Crippen LogP contribution in [0.15, 0.2) is 18.2 Å². The van der Waals surface area contributed by atoms with Gasteiger partial charge in [0.25, 0.3) is 0 Å². The fourth-order valence-corrected chi connectivity index (χ4v) is 1.44. The molecule has 0 heterocycles. The highest BCUT2D eigenvalue weighted by Crippen LogP contribution is 2.20. The zero-order valence-corrected chi connectivity index (χ0v) is 7.41. The third kappa shape index (κ3) is 1.65. The van der Waals surface area contributed by atoms with Crippen LogP contribution in [-0.2, 0) is 0 Å². The Labute approximate surface area is 72.5 Å². The van der Waals surface area contributed by atoms with Gasteiger partial charge in [-0.2, -0.15) is 0 Å². The SMILES string of the molecule is Cc1cccc(C)c1[C@@H](O)CO. The Morgan fingerprint density at radius 2 is 1.75 bits per heavy atom. The van der Waals surface area contributed by atoms with Crippen molar-refractivity contribution in [3.63, 3.8) is 0 Å². The van der Waals surface area contributed by atoms with Crippen LogP contribution in [0.3, 0.4) is 0 Å². The lowest BCUT2D eigenvalue weighted by Gasteiger charge is -2.13. The molecule has 2 nitrogen and oxygen atoms in total. The molecule has 1 rings (SSSR count). The van der Waals surface area contributed by atoms with Gasteiger partial charge in [0, 0.05) is 0 Å². The van der Waals surface area contributed by atoms with Crippen LogP contribution in [0.4, 0.5) is 0 Å². The Bertz CT molecular complexity index is 248. The van der Waals surface area contributed by atoms with Crippen molar-refractivity contribution >= 4 is 0 Å². The number of aryl methyl sites for hydroxylation is 2. The molecule has 2 N–H and O–H groups in total. The molecule has 0 aliphatic rings. The topological polar surface area (TPSA) is 40.5 Å². The summed E-state index contributed by atoms with van der Waals surface area (Å²) in [7, 11) is 0. The van der Waals surface area contributed by atoms with Crippen molar-refractivity contribution in [1.82, 2.24) is 0 Å². The van der Waals surface area contributed by atoms with Crippen molar-refractivity contribution in [2.45, 2.75) is 20.0 Å². The molecule has 0 amide bonds. The van der Waals surface area contributed by atoms with Gasteiger partial charge in [-0.1, -0.05) is 18.2 Å². The van der Waals surface area contributed by atoms with Gasteiger partial charge >= 0.3 is 0 Å². The molecule has 0 radical (unpaired) electrons. The first-order valence-corrected chi connectivity index (χ1v) is 4.02. The highest BCUT2D eigenvalue weighted by Gasteiger charge is 2.10. The molecular formula is C10H14O2. The molecule has 0 saturated heterocycles. The monoisotopic (exact) mass is 166 g/mol. The van der Waals surface area contributed by atoms with Crippen LogP contribution in [0.5, 0.6) is 0 Å². The quantitative estimate of drug-likeness (QED) is 0.695. The van der Waals surface area contributed by atoms with Crippen LogP contribution >= 0.6 is 0 Å². The summed E-state index contributed by atoms with van der Waals surface area (Å²) in [5.74, 6) is 0. The molecule has 1 aromatic rings. The van der Waals surface area contributed by atoms with Gasteiger partial charge in [0.15, 0.2) is 0 Å². The van der Waals surface area contributed by atoms with Gasteiger partial charge in [-0.05, 0) is 30.5 Å². The van der Waals surface area contributed by atoms with E-state index in [-0.39, 0.29) is 6.61 Å². The van der Waals surface area contributed by atoms with Crippen molar-refractivity contribution in [1.29, 1.82) is 0 Å². The number of rotatable bonds is 2. The van der Waals surface area contributed by atoms with E-state index in [0.29, 0.717) is 0 Å². The maximum atomic E-state index is 9.44. The molecule has 1 aromatic carbocycles. The molecule has 0 aliphatic carbocycles. The minimum absolute atomic E-state index is 0.217. The van der Waals surface area contributed by atoms with Gasteiger partial charge in [-0.3, -0.25) is 0 Å². The van der Waals surface area contributed by atoms with Crippen molar-refractivity contribution < 1.29 is 10.2 Å². The van der Waals surface area contributed by atoms with Crippen LogP contribution in [-0.4, -0.2) is 16.8 Å². The first-order chi connectivity index (χ1) is 5.66. The molecule has 0 unspecified atom stereocenters. The zero-order valence-electron chi connectivity index (χ0n) is 7.41. The summed E-state index contributed by atoms with van der Waals surface area (Å²) in [6, 6.07) is 5.81. The van der Waals surface area contributed by atoms with Gasteiger partial charge in [-0.25, -0.2) is 0 Å². The van der Waals surface area contributed by atoms with Crippen molar-refractivity contribution in [3.05, 3.63) is 34.9 Å². The lowest BCUT2D eigenvalue weighted by molar-refractivity contribution is 0.0946. The van der Waals surface area contributed by atoms with Crippen LogP contribution in [0.25, 0.3) is 0 Å². The lowest BCUT2D eigenvalue weighted by Crippen LogP contribution is -2.06. The van der Waals surface area contributed by atoms with Gasteiger partial charge in [0.2, 0.25) is 0 Å². The predicted octanol–water partition coefficient (Wildman–Crippen LogP) is 1.33. The lowest BCUT2D eigenvalue weighted by atomic mass is 9.98. The molecule has 0 bridgehead atoms. The second-order valence-corrected chi connectivity index (χ2v) is 3.00. The molecule has 0 aliphatic heterocycles. The molecule has 0 fully saturated rings. The van der Waals surface area contributed by atoms with Crippen LogP contribution in [0.1, 0.15) is 22.8 Å². The third-order valence-corrected chi connectivity index (χ3v) is 2.05. The maximum Gasteiger partial charge on any atom is 0.103 e. The predicted molar refractivity (Wildman–Crippen MR) is 48.0 cm³/mol. The van der Waals surface area contributed by atoms with Gasteiger partial charge in [0.1, 0.15) is 6.10 Å². The number of aliphatic hydroxyl groups is 2. The summed E-state index contributed by atoms with van der Waals surface area (Å²) >= 11 is 0. The maximum absolute atomic E-state index is 9.44. The summed E-state index contributed by atoms with van der Waals surface area (Å²) < 4.78 is 0. The van der Waals surface area contributed by atoms with E-state index in [1.807, 2.05) is 32.0 Å². The number of hydrogen-bond acceptors (Lipinski definition) is 2. The summed E-state index contributed by atoms with van der Waals surface area (Å²) in [6.45, 7) is 3.65. The molecule has 0 aromatic heterocycles. The third-order valence-electron chi connectivity index (χ3n) is 2.05. The minimum atomic E-state index is -0.744. The van der Waals surface area contributed by atoms with Gasteiger partial charge in [-0.15, -0.1) is 0 Å². The fourth-order valence-electron chi connectivity index (χ4n) is 1.44. The second kappa shape index (κ2) is 3.70. The minimum Gasteiger partial charge on any atom is -0.393 e. The van der Waals surface area contributed by atoms with E-state index in [1.54, 1.807) is 0 Å². The summed E-state index contributed by atoms with van der Waals surface area (Å²) in [5, 5.41) is 18.2. The van der Waals surface area contributed by atoms with Gasteiger partial charge in [0.05, 0.1) is 6.61 Å². The molecule has 0 saturated carbocycles. The number of benzene rings is 1. The molecule has 1 atom stereocenters. The fraction of sp³-hybridized carbons (Fsp3) is 0.400. The normalized spacial score (nSPS) is 13.0. The Kier molecular flexibility index (Phi) is 2.84. The smallest absolute Gasteiger partial charge is 0.103 e. The standard InChI is InChI=1S/C10H14O2/c1-7-4-3-5-8(2)10(7)9(12)6-11/h3-5,9,11-12H,6H2,1-2H3/t9-/m0/s1. The Hall–Kier alpha value is -0.860. The second-order valence-electron chi connectivity index (χ2n) is 3.00. The largest absolute Gasteiger partial charge is 0.393 e. The molecule has 66 valence electrons. The van der Waals surface area contributed by atoms with Crippen LogP contribution < -0.4 is 0 Å². The highest BCUT2D eigenvalue weighted by atomic mass is 16.3. The van der Waals surface area contributed by atoms with E-state index in [9.17, 15) is 5.11 Å². The van der Waals surface area contributed by atoms with E-state index >= 15 is 0 Å². The van der Waals surface area contributed by atoms with E-state index in [4.69, 9.17) is 5.11 Å². The van der Waals surface area contributed by atoms with Gasteiger partial charge < -0.3 is 10.2 Å². The first kappa shape index (κ1) is 9.23. The Morgan fingerprint density at radius 1 is 1.25 bits per heavy atom. The molecular weight excluding hydrogens is 152 g/mol.